The van der Waals surface area contributed by atoms with Gasteiger partial charge >= 0.3 is 0 Å². The van der Waals surface area contributed by atoms with Crippen LogP contribution >= 0.6 is 11.8 Å². The van der Waals surface area contributed by atoms with Crippen LogP contribution in [0.15, 0.2) is 53.6 Å². The third-order valence-corrected chi connectivity index (χ3v) is 6.30. The number of thioether (sulfide) groups is 1. The van der Waals surface area contributed by atoms with Crippen LogP contribution in [0.1, 0.15) is 23.7 Å². The van der Waals surface area contributed by atoms with Crippen LogP contribution < -0.4 is 5.32 Å². The molecule has 0 spiro atoms. The number of anilines is 1. The number of ether oxygens (including phenoxy) is 1. The molecule has 0 atom stereocenters. The average Bonchev–Trinajstić information content (AvgIpc) is 3.11. The number of methoxy groups -OCH3 is 1. The first-order valence-corrected chi connectivity index (χ1v) is 11.4. The van der Waals surface area contributed by atoms with Crippen LogP contribution in [0.2, 0.25) is 0 Å². The van der Waals surface area contributed by atoms with Crippen LogP contribution in [-0.2, 0) is 22.7 Å². The summed E-state index contributed by atoms with van der Waals surface area (Å²) in [6.45, 7) is 5.21. The predicted molar refractivity (Wildman–Crippen MR) is 129 cm³/mol. The number of aryl methyl sites for hydroxylation is 2. The number of amides is 1. The first kappa shape index (κ1) is 21.9. The lowest BCUT2D eigenvalue weighted by molar-refractivity contribution is -0.113. The smallest absolute Gasteiger partial charge is 0.234 e. The van der Waals surface area contributed by atoms with Gasteiger partial charge in [-0.25, -0.2) is 4.98 Å². The van der Waals surface area contributed by atoms with Crippen LogP contribution in [0.3, 0.4) is 0 Å². The molecule has 0 saturated heterocycles. The normalized spacial score (nSPS) is 11.1. The van der Waals surface area contributed by atoms with Crippen molar-refractivity contribution in [3.8, 4) is 6.07 Å². The topological polar surface area (TPSA) is 79.9 Å². The summed E-state index contributed by atoms with van der Waals surface area (Å²) < 4.78 is 7.47. The number of nitriles is 1. The summed E-state index contributed by atoms with van der Waals surface area (Å²) >= 11 is 1.26. The summed E-state index contributed by atoms with van der Waals surface area (Å²) in [5.41, 5.74) is 5.11. The van der Waals surface area contributed by atoms with Crippen molar-refractivity contribution in [2.45, 2.75) is 32.0 Å². The molecule has 32 heavy (non-hydrogen) atoms. The third-order valence-electron chi connectivity index (χ3n) is 5.32. The molecule has 2 aromatic carbocycles. The molecule has 0 fully saturated rings. The highest BCUT2D eigenvalue weighted by Gasteiger charge is 2.15. The van der Waals surface area contributed by atoms with Gasteiger partial charge in [-0.05, 0) is 49.7 Å². The average molecular weight is 445 g/mol. The SMILES string of the molecule is CCn1c2ccccc2c2cc(NC(=O)CSc3nc(C)cc(COC)c3C#N)ccc21. The Bertz CT molecular complexity index is 1350. The maximum atomic E-state index is 12.7. The molecule has 0 radical (unpaired) electrons. The Morgan fingerprint density at radius 3 is 2.72 bits per heavy atom. The van der Waals surface area contributed by atoms with Crippen molar-refractivity contribution < 1.29 is 9.53 Å². The molecule has 0 aliphatic heterocycles. The van der Waals surface area contributed by atoms with Crippen molar-refractivity contribution in [2.24, 2.45) is 0 Å². The molecule has 162 valence electrons. The largest absolute Gasteiger partial charge is 0.380 e. The fraction of sp³-hybridized carbons (Fsp3) is 0.240. The van der Waals surface area contributed by atoms with Gasteiger partial charge in [0.2, 0.25) is 5.91 Å². The van der Waals surface area contributed by atoms with Gasteiger partial charge in [0.1, 0.15) is 11.1 Å². The molecule has 4 rings (SSSR count). The van der Waals surface area contributed by atoms with Gasteiger partial charge in [0.25, 0.3) is 0 Å². The van der Waals surface area contributed by atoms with Crippen molar-refractivity contribution in [1.29, 1.82) is 5.26 Å². The van der Waals surface area contributed by atoms with E-state index in [2.05, 4.69) is 46.1 Å². The first-order chi connectivity index (χ1) is 15.5. The van der Waals surface area contributed by atoms with Gasteiger partial charge in [0, 0.05) is 46.8 Å². The maximum absolute atomic E-state index is 12.7. The Labute approximate surface area is 191 Å². The molecule has 0 bridgehead atoms. The standard InChI is InChI=1S/C25H24N4O2S/c1-4-29-22-8-6-5-7-19(22)20-12-18(9-10-23(20)29)28-24(30)15-32-25-21(13-26)17(14-31-3)11-16(2)27-25/h5-12H,4,14-15H2,1-3H3,(H,28,30). The van der Waals surface area contributed by atoms with E-state index in [1.54, 1.807) is 7.11 Å². The first-order valence-electron chi connectivity index (χ1n) is 10.4. The van der Waals surface area contributed by atoms with Crippen LogP contribution in [0, 0.1) is 18.3 Å². The van der Waals surface area contributed by atoms with Crippen molar-refractivity contribution in [3.63, 3.8) is 0 Å². The fourth-order valence-corrected chi connectivity index (χ4v) is 4.88. The van der Waals surface area contributed by atoms with Gasteiger partial charge in [-0.15, -0.1) is 0 Å². The van der Waals surface area contributed by atoms with E-state index in [0.717, 1.165) is 34.4 Å². The molecule has 0 aliphatic carbocycles. The monoisotopic (exact) mass is 444 g/mol. The van der Waals surface area contributed by atoms with Gasteiger partial charge in [-0.3, -0.25) is 4.79 Å². The quantitative estimate of drug-likeness (QED) is 0.393. The van der Waals surface area contributed by atoms with E-state index >= 15 is 0 Å². The summed E-state index contributed by atoms with van der Waals surface area (Å²) in [6.07, 6.45) is 0. The van der Waals surface area contributed by atoms with E-state index < -0.39 is 0 Å². The van der Waals surface area contributed by atoms with Crippen LogP contribution in [-0.4, -0.2) is 28.3 Å². The molecule has 6 nitrogen and oxygen atoms in total. The number of pyridine rings is 1. The van der Waals surface area contributed by atoms with Crippen molar-refractivity contribution in [3.05, 3.63) is 65.4 Å². The number of fused-ring (bicyclic) bond motifs is 3. The fourth-order valence-electron chi connectivity index (χ4n) is 4.01. The summed E-state index contributed by atoms with van der Waals surface area (Å²) in [6, 6.07) is 18.3. The zero-order chi connectivity index (χ0) is 22.7. The molecular formula is C25H24N4O2S. The van der Waals surface area contributed by atoms with Crippen molar-refractivity contribution in [2.75, 3.05) is 18.2 Å². The summed E-state index contributed by atoms with van der Waals surface area (Å²) in [5.74, 6) is 0.0147. The summed E-state index contributed by atoms with van der Waals surface area (Å²) in [7, 11) is 1.59. The molecule has 0 unspecified atom stereocenters. The van der Waals surface area contributed by atoms with E-state index in [9.17, 15) is 10.1 Å². The zero-order valence-electron chi connectivity index (χ0n) is 18.3. The summed E-state index contributed by atoms with van der Waals surface area (Å²) in [4.78, 5) is 17.1. The number of carbonyl (C=O) groups excluding carboxylic acids is 1. The number of benzene rings is 2. The summed E-state index contributed by atoms with van der Waals surface area (Å²) in [5, 5.41) is 15.4. The second-order valence-electron chi connectivity index (χ2n) is 7.48. The highest BCUT2D eigenvalue weighted by Crippen LogP contribution is 2.31. The maximum Gasteiger partial charge on any atom is 0.234 e. The number of hydrogen-bond acceptors (Lipinski definition) is 5. The molecule has 1 N–H and O–H groups in total. The Morgan fingerprint density at radius 1 is 1.19 bits per heavy atom. The van der Waals surface area contributed by atoms with Crippen LogP contribution in [0.4, 0.5) is 5.69 Å². The molecule has 0 aliphatic rings. The molecule has 2 heterocycles. The van der Waals surface area contributed by atoms with Crippen LogP contribution in [0.5, 0.6) is 0 Å². The van der Waals surface area contributed by atoms with Gasteiger partial charge in [0.15, 0.2) is 0 Å². The van der Waals surface area contributed by atoms with E-state index in [4.69, 9.17) is 4.74 Å². The Hall–Kier alpha value is -3.34. The van der Waals surface area contributed by atoms with E-state index in [1.165, 1.54) is 22.7 Å². The van der Waals surface area contributed by atoms with Crippen molar-refractivity contribution in [1.82, 2.24) is 9.55 Å². The van der Waals surface area contributed by atoms with Gasteiger partial charge in [-0.1, -0.05) is 30.0 Å². The van der Waals surface area contributed by atoms with E-state index in [0.29, 0.717) is 17.2 Å². The lowest BCUT2D eigenvalue weighted by Crippen LogP contribution is -2.14. The molecule has 1 amide bonds. The van der Waals surface area contributed by atoms with Crippen molar-refractivity contribution >= 4 is 45.2 Å². The molecule has 0 saturated carbocycles. The number of hydrogen-bond donors (Lipinski definition) is 1. The predicted octanol–water partition coefficient (Wildman–Crippen LogP) is 5.27. The lowest BCUT2D eigenvalue weighted by atomic mass is 10.1. The number of para-hydroxylation sites is 1. The Kier molecular flexibility index (Phi) is 6.45. The Morgan fingerprint density at radius 2 is 1.97 bits per heavy atom. The number of carbonyl (C=O) groups is 1. The van der Waals surface area contributed by atoms with E-state index in [1.807, 2.05) is 37.3 Å². The van der Waals surface area contributed by atoms with Gasteiger partial charge in [0.05, 0.1) is 17.9 Å². The minimum Gasteiger partial charge on any atom is -0.380 e. The van der Waals surface area contributed by atoms with Crippen LogP contribution in [0.25, 0.3) is 21.8 Å². The number of nitrogens with zero attached hydrogens (tertiary/aromatic N) is 3. The molecule has 7 heteroatoms. The second-order valence-corrected chi connectivity index (χ2v) is 8.44. The molecule has 4 aromatic rings. The minimum absolute atomic E-state index is 0.144. The number of aromatic nitrogens is 2. The second kappa shape index (κ2) is 9.43. The van der Waals surface area contributed by atoms with E-state index in [-0.39, 0.29) is 11.7 Å². The highest BCUT2D eigenvalue weighted by atomic mass is 32.2. The van der Waals surface area contributed by atoms with Gasteiger partial charge in [-0.2, -0.15) is 5.26 Å². The number of nitrogens with one attached hydrogen (secondary N) is 1. The Balaban J connectivity index is 1.54. The third kappa shape index (κ3) is 4.20. The molecule has 2 aromatic heterocycles. The van der Waals surface area contributed by atoms with Gasteiger partial charge < -0.3 is 14.6 Å². The lowest BCUT2D eigenvalue weighted by Gasteiger charge is -2.10. The number of rotatable bonds is 7. The highest BCUT2D eigenvalue weighted by molar-refractivity contribution is 8.00. The zero-order valence-corrected chi connectivity index (χ0v) is 19.1. The molecular weight excluding hydrogens is 420 g/mol. The minimum atomic E-state index is -0.144.